The molecule has 0 amide bonds. The van der Waals surface area contributed by atoms with E-state index in [1.54, 1.807) is 27.7 Å². The molecule has 2 rings (SSSR count). The standard InChI is InChI=1S/C19H21NO7/c1-5-26-19(25)15-10(3)14(11(4)20-15)13(21)8-27-18(24)12-7-6-9(2)16(22)17(12)23/h6-7,20,22-23H,5,8H2,1-4H3. The van der Waals surface area contributed by atoms with Gasteiger partial charge in [-0.3, -0.25) is 4.79 Å². The third-order valence-corrected chi connectivity index (χ3v) is 4.10. The van der Waals surface area contributed by atoms with Crippen LogP contribution in [0.1, 0.15) is 54.9 Å². The van der Waals surface area contributed by atoms with Gasteiger partial charge in [0.25, 0.3) is 0 Å². The van der Waals surface area contributed by atoms with Crippen LogP contribution in [0.5, 0.6) is 11.5 Å². The number of nitrogens with one attached hydrogen (secondary N) is 1. The van der Waals surface area contributed by atoms with Crippen molar-refractivity contribution in [3.8, 4) is 11.5 Å². The van der Waals surface area contributed by atoms with Crippen molar-refractivity contribution >= 4 is 17.7 Å². The second kappa shape index (κ2) is 7.94. The fourth-order valence-corrected chi connectivity index (χ4v) is 2.70. The lowest BCUT2D eigenvalue weighted by atomic mass is 10.1. The first kappa shape index (κ1) is 20.0. The molecule has 0 aliphatic carbocycles. The van der Waals surface area contributed by atoms with Gasteiger partial charge in [-0.05, 0) is 44.9 Å². The first-order chi connectivity index (χ1) is 12.7. The number of ether oxygens (including phenoxy) is 2. The molecule has 3 N–H and O–H groups in total. The topological polar surface area (TPSA) is 126 Å². The minimum Gasteiger partial charge on any atom is -0.504 e. The van der Waals surface area contributed by atoms with Crippen LogP contribution in [0.25, 0.3) is 0 Å². The Hall–Kier alpha value is -3.29. The molecule has 0 atom stereocenters. The molecule has 0 saturated heterocycles. The molecule has 2 aromatic rings. The third-order valence-electron chi connectivity index (χ3n) is 4.10. The van der Waals surface area contributed by atoms with E-state index >= 15 is 0 Å². The Kier molecular flexibility index (Phi) is 5.89. The molecular weight excluding hydrogens is 354 g/mol. The number of phenols is 2. The van der Waals surface area contributed by atoms with Crippen molar-refractivity contribution in [1.82, 2.24) is 4.98 Å². The van der Waals surface area contributed by atoms with Crippen molar-refractivity contribution < 1.29 is 34.1 Å². The number of aryl methyl sites for hydroxylation is 2. The van der Waals surface area contributed by atoms with Crippen molar-refractivity contribution in [2.45, 2.75) is 27.7 Å². The Bertz CT molecular complexity index is 911. The van der Waals surface area contributed by atoms with Gasteiger partial charge in [-0.15, -0.1) is 0 Å². The van der Waals surface area contributed by atoms with Gasteiger partial charge in [0.2, 0.25) is 5.78 Å². The summed E-state index contributed by atoms with van der Waals surface area (Å²) in [7, 11) is 0. The molecule has 0 spiro atoms. The number of aromatic hydroxyl groups is 2. The number of Topliss-reactive ketones (excluding diaryl/α,β-unsaturated/α-hetero) is 1. The summed E-state index contributed by atoms with van der Waals surface area (Å²) in [5, 5.41) is 19.5. The van der Waals surface area contributed by atoms with E-state index in [2.05, 4.69) is 4.98 Å². The summed E-state index contributed by atoms with van der Waals surface area (Å²) in [4.78, 5) is 39.3. The van der Waals surface area contributed by atoms with Gasteiger partial charge in [0, 0.05) is 11.3 Å². The van der Waals surface area contributed by atoms with E-state index in [4.69, 9.17) is 9.47 Å². The van der Waals surface area contributed by atoms with Crippen molar-refractivity contribution in [3.05, 3.63) is 45.8 Å². The number of H-pyrrole nitrogens is 1. The Morgan fingerprint density at radius 2 is 1.67 bits per heavy atom. The normalized spacial score (nSPS) is 10.5. The van der Waals surface area contributed by atoms with Gasteiger partial charge < -0.3 is 24.7 Å². The van der Waals surface area contributed by atoms with Crippen molar-refractivity contribution in [3.63, 3.8) is 0 Å². The fraction of sp³-hybridized carbons (Fsp3) is 0.316. The largest absolute Gasteiger partial charge is 0.504 e. The first-order valence-electron chi connectivity index (χ1n) is 8.27. The number of phenolic OH excluding ortho intramolecular Hbond substituents is 2. The number of rotatable bonds is 6. The zero-order valence-corrected chi connectivity index (χ0v) is 15.5. The van der Waals surface area contributed by atoms with Crippen LogP contribution >= 0.6 is 0 Å². The maximum Gasteiger partial charge on any atom is 0.355 e. The molecule has 0 radical (unpaired) electrons. The molecule has 0 bridgehead atoms. The monoisotopic (exact) mass is 375 g/mol. The lowest BCUT2D eigenvalue weighted by Gasteiger charge is -2.09. The van der Waals surface area contributed by atoms with Crippen molar-refractivity contribution in [2.75, 3.05) is 13.2 Å². The molecule has 27 heavy (non-hydrogen) atoms. The minimum atomic E-state index is -0.951. The number of hydrogen-bond acceptors (Lipinski definition) is 7. The minimum absolute atomic E-state index is 0.171. The molecule has 0 fully saturated rings. The Morgan fingerprint density at radius 3 is 2.30 bits per heavy atom. The molecule has 0 aliphatic rings. The van der Waals surface area contributed by atoms with Crippen molar-refractivity contribution in [1.29, 1.82) is 0 Å². The molecule has 8 heteroatoms. The summed E-state index contributed by atoms with van der Waals surface area (Å²) in [5.41, 5.74) is 1.41. The number of ketones is 1. The first-order valence-corrected chi connectivity index (χ1v) is 8.27. The van der Waals surface area contributed by atoms with E-state index in [0.717, 1.165) is 0 Å². The van der Waals surface area contributed by atoms with Crippen LogP contribution in [-0.2, 0) is 9.47 Å². The zero-order valence-electron chi connectivity index (χ0n) is 15.5. The third kappa shape index (κ3) is 3.94. The van der Waals surface area contributed by atoms with Crippen LogP contribution in [0, 0.1) is 20.8 Å². The Labute approximate surface area is 155 Å². The fourth-order valence-electron chi connectivity index (χ4n) is 2.70. The van der Waals surface area contributed by atoms with Crippen LogP contribution in [0.3, 0.4) is 0 Å². The number of esters is 2. The summed E-state index contributed by atoms with van der Waals surface area (Å²) < 4.78 is 9.89. The maximum atomic E-state index is 12.5. The van der Waals surface area contributed by atoms with E-state index in [1.165, 1.54) is 12.1 Å². The summed E-state index contributed by atoms with van der Waals surface area (Å²) in [6.45, 7) is 6.06. The maximum absolute atomic E-state index is 12.5. The predicted octanol–water partition coefficient (Wildman–Crippen LogP) is 2.57. The molecular formula is C19H21NO7. The van der Waals surface area contributed by atoms with Gasteiger partial charge in [-0.2, -0.15) is 0 Å². The predicted molar refractivity (Wildman–Crippen MR) is 95.3 cm³/mol. The highest BCUT2D eigenvalue weighted by Gasteiger charge is 2.24. The summed E-state index contributed by atoms with van der Waals surface area (Å²) in [6, 6.07) is 2.74. The molecule has 1 aromatic heterocycles. The zero-order chi connectivity index (χ0) is 20.3. The van der Waals surface area contributed by atoms with Gasteiger partial charge in [-0.1, -0.05) is 6.07 Å². The number of hydrogen-bond donors (Lipinski definition) is 3. The van der Waals surface area contributed by atoms with Crippen LogP contribution in [-0.4, -0.2) is 46.1 Å². The number of aromatic amines is 1. The lowest BCUT2D eigenvalue weighted by Crippen LogP contribution is -2.16. The van der Waals surface area contributed by atoms with Gasteiger partial charge in [0.1, 0.15) is 11.3 Å². The highest BCUT2D eigenvalue weighted by Crippen LogP contribution is 2.32. The average Bonchev–Trinajstić information content (AvgIpc) is 2.92. The highest BCUT2D eigenvalue weighted by molar-refractivity contribution is 6.04. The molecule has 1 aromatic carbocycles. The second-order valence-electron chi connectivity index (χ2n) is 5.97. The van der Waals surface area contributed by atoms with Gasteiger partial charge >= 0.3 is 11.9 Å². The number of aromatic nitrogens is 1. The average molecular weight is 375 g/mol. The van der Waals surface area contributed by atoms with Crippen LogP contribution in [0.4, 0.5) is 0 Å². The van der Waals surface area contributed by atoms with Gasteiger partial charge in [-0.25, -0.2) is 9.59 Å². The summed E-state index contributed by atoms with van der Waals surface area (Å²) in [5.74, 6) is -3.07. The second-order valence-corrected chi connectivity index (χ2v) is 5.97. The Morgan fingerprint density at radius 1 is 1.00 bits per heavy atom. The Balaban J connectivity index is 2.16. The molecule has 1 heterocycles. The van der Waals surface area contributed by atoms with E-state index in [0.29, 0.717) is 16.8 Å². The number of benzene rings is 1. The molecule has 144 valence electrons. The van der Waals surface area contributed by atoms with Crippen LogP contribution < -0.4 is 0 Å². The number of carbonyl (C=O) groups excluding carboxylic acids is 3. The van der Waals surface area contributed by atoms with E-state index in [9.17, 15) is 24.6 Å². The van der Waals surface area contributed by atoms with E-state index < -0.39 is 35.8 Å². The van der Waals surface area contributed by atoms with Gasteiger partial charge in [0.05, 0.1) is 6.61 Å². The molecule has 0 aliphatic heterocycles. The summed E-state index contributed by atoms with van der Waals surface area (Å²) >= 11 is 0. The van der Waals surface area contributed by atoms with E-state index in [-0.39, 0.29) is 23.4 Å². The van der Waals surface area contributed by atoms with Crippen LogP contribution in [0.2, 0.25) is 0 Å². The quantitative estimate of drug-likeness (QED) is 0.402. The number of carbonyl (C=O) groups is 3. The van der Waals surface area contributed by atoms with Crippen LogP contribution in [0.15, 0.2) is 12.1 Å². The SMILES string of the molecule is CCOC(=O)c1[nH]c(C)c(C(=O)COC(=O)c2ccc(C)c(O)c2O)c1C. The molecule has 0 saturated carbocycles. The molecule has 0 unspecified atom stereocenters. The van der Waals surface area contributed by atoms with E-state index in [1.807, 2.05) is 0 Å². The summed E-state index contributed by atoms with van der Waals surface area (Å²) in [6.07, 6.45) is 0. The highest BCUT2D eigenvalue weighted by atomic mass is 16.5. The van der Waals surface area contributed by atoms with Gasteiger partial charge in [0.15, 0.2) is 18.1 Å². The molecule has 8 nitrogen and oxygen atoms in total. The lowest BCUT2D eigenvalue weighted by molar-refractivity contribution is 0.0469. The van der Waals surface area contributed by atoms with Crippen molar-refractivity contribution in [2.24, 2.45) is 0 Å². The smallest absolute Gasteiger partial charge is 0.355 e.